The highest BCUT2D eigenvalue weighted by atomic mass is 16.5. The fraction of sp³-hybridized carbons (Fsp3) is 0.286. The molecule has 176 valence electrons. The Morgan fingerprint density at radius 3 is 2.41 bits per heavy atom. The summed E-state index contributed by atoms with van der Waals surface area (Å²) in [7, 11) is 0. The van der Waals surface area contributed by atoms with E-state index in [9.17, 15) is 4.79 Å². The van der Waals surface area contributed by atoms with Gasteiger partial charge < -0.3 is 4.74 Å². The molecule has 0 atom stereocenters. The fourth-order valence-corrected chi connectivity index (χ4v) is 3.90. The molecule has 34 heavy (non-hydrogen) atoms. The van der Waals surface area contributed by atoms with Crippen molar-refractivity contribution in [3.05, 3.63) is 101 Å². The lowest BCUT2D eigenvalue weighted by Crippen LogP contribution is -2.48. The van der Waals surface area contributed by atoms with Crippen LogP contribution < -0.4 is 10.2 Å². The third-order valence-corrected chi connectivity index (χ3v) is 5.87. The first kappa shape index (κ1) is 23.7. The van der Waals surface area contributed by atoms with Crippen molar-refractivity contribution in [1.82, 2.24) is 15.2 Å². The van der Waals surface area contributed by atoms with Crippen molar-refractivity contribution < 1.29 is 9.53 Å². The highest BCUT2D eigenvalue weighted by Crippen LogP contribution is 2.14. The maximum Gasteiger partial charge on any atom is 0.254 e. The van der Waals surface area contributed by atoms with Gasteiger partial charge in [-0.15, -0.1) is 0 Å². The Hall–Kier alpha value is -3.48. The molecule has 0 aromatic heterocycles. The first-order valence-corrected chi connectivity index (χ1v) is 11.7. The smallest absolute Gasteiger partial charge is 0.254 e. The number of hydrogen-bond donors (Lipinski definition) is 1. The predicted octanol–water partition coefficient (Wildman–Crippen LogP) is 3.84. The molecule has 6 heteroatoms. The van der Waals surface area contributed by atoms with Gasteiger partial charge in [0, 0.05) is 32.7 Å². The zero-order chi connectivity index (χ0) is 23.6. The topological polar surface area (TPSA) is 57.2 Å². The summed E-state index contributed by atoms with van der Waals surface area (Å²) in [5.41, 5.74) is 7.25. The highest BCUT2D eigenvalue weighted by Gasteiger charge is 2.18. The van der Waals surface area contributed by atoms with Crippen LogP contribution in [0.3, 0.4) is 0 Å². The number of nitrogens with one attached hydrogen (secondary N) is 1. The van der Waals surface area contributed by atoms with Gasteiger partial charge in [0.2, 0.25) is 0 Å². The van der Waals surface area contributed by atoms with Gasteiger partial charge in [0.15, 0.2) is 0 Å². The summed E-state index contributed by atoms with van der Waals surface area (Å²) in [6.07, 6.45) is 1.65. The number of ether oxygens (including phenoxy) is 1. The van der Waals surface area contributed by atoms with Gasteiger partial charge in [0.05, 0.1) is 12.8 Å². The number of piperazine rings is 1. The van der Waals surface area contributed by atoms with Gasteiger partial charge in [0.1, 0.15) is 12.4 Å². The van der Waals surface area contributed by atoms with Crippen LogP contribution in [0.15, 0.2) is 84.0 Å². The molecule has 3 aromatic carbocycles. The first-order chi connectivity index (χ1) is 16.6. The SMILES string of the molecule is Cc1ccc(CN2CCN(CC(=O)N/N=C\c3cccc(OCc4ccccc4)c3)CC2)cc1. The lowest BCUT2D eigenvalue weighted by Gasteiger charge is -2.34. The average molecular weight is 457 g/mol. The van der Waals surface area contributed by atoms with E-state index in [1.807, 2.05) is 54.6 Å². The van der Waals surface area contributed by atoms with Gasteiger partial charge >= 0.3 is 0 Å². The molecule has 1 fully saturated rings. The number of carbonyl (C=O) groups is 1. The van der Waals surface area contributed by atoms with E-state index >= 15 is 0 Å². The van der Waals surface area contributed by atoms with E-state index in [1.54, 1.807) is 6.21 Å². The molecule has 3 aromatic rings. The van der Waals surface area contributed by atoms with Crippen LogP contribution in [0.2, 0.25) is 0 Å². The minimum Gasteiger partial charge on any atom is -0.489 e. The molecule has 0 spiro atoms. The Labute approximate surface area is 201 Å². The van der Waals surface area contributed by atoms with Crippen LogP contribution in [0.25, 0.3) is 0 Å². The molecule has 1 amide bonds. The molecule has 1 saturated heterocycles. The summed E-state index contributed by atoms with van der Waals surface area (Å²) < 4.78 is 5.85. The number of hydrogen-bond acceptors (Lipinski definition) is 5. The van der Waals surface area contributed by atoms with Crippen molar-refractivity contribution in [2.45, 2.75) is 20.1 Å². The number of hydrazone groups is 1. The summed E-state index contributed by atoms with van der Waals surface area (Å²) in [6, 6.07) is 26.4. The summed E-state index contributed by atoms with van der Waals surface area (Å²) in [6.45, 7) is 7.61. The van der Waals surface area contributed by atoms with Crippen molar-refractivity contribution >= 4 is 12.1 Å². The summed E-state index contributed by atoms with van der Waals surface area (Å²) >= 11 is 0. The Balaban J connectivity index is 1.17. The lowest BCUT2D eigenvalue weighted by atomic mass is 10.1. The van der Waals surface area contributed by atoms with Gasteiger partial charge in [-0.1, -0.05) is 72.3 Å². The van der Waals surface area contributed by atoms with E-state index in [-0.39, 0.29) is 5.91 Å². The van der Waals surface area contributed by atoms with Crippen LogP contribution in [-0.2, 0) is 17.9 Å². The molecule has 1 aliphatic rings. The Bertz CT molecular complexity index is 1080. The van der Waals surface area contributed by atoms with Crippen LogP contribution in [0.1, 0.15) is 22.3 Å². The third-order valence-electron chi connectivity index (χ3n) is 5.87. The Morgan fingerprint density at radius 1 is 0.912 bits per heavy atom. The molecule has 4 rings (SSSR count). The first-order valence-electron chi connectivity index (χ1n) is 11.7. The van der Waals surface area contributed by atoms with Crippen LogP contribution >= 0.6 is 0 Å². The normalized spacial score (nSPS) is 14.9. The largest absolute Gasteiger partial charge is 0.489 e. The fourth-order valence-electron chi connectivity index (χ4n) is 3.90. The van der Waals surface area contributed by atoms with Crippen molar-refractivity contribution in [3.8, 4) is 5.75 Å². The zero-order valence-electron chi connectivity index (χ0n) is 19.7. The predicted molar refractivity (Wildman–Crippen MR) is 136 cm³/mol. The van der Waals surface area contributed by atoms with Gasteiger partial charge in [-0.3, -0.25) is 14.6 Å². The molecular weight excluding hydrogens is 424 g/mol. The number of rotatable bonds is 9. The van der Waals surface area contributed by atoms with Crippen molar-refractivity contribution in [2.24, 2.45) is 5.10 Å². The van der Waals surface area contributed by atoms with Gasteiger partial charge in [-0.05, 0) is 35.7 Å². The van der Waals surface area contributed by atoms with Crippen LogP contribution in [0, 0.1) is 6.92 Å². The number of benzene rings is 3. The molecule has 1 N–H and O–H groups in total. The minimum atomic E-state index is -0.0975. The van der Waals surface area contributed by atoms with E-state index in [2.05, 4.69) is 51.5 Å². The van der Waals surface area contributed by atoms with Gasteiger partial charge in [0.25, 0.3) is 5.91 Å². The molecule has 0 aliphatic carbocycles. The van der Waals surface area contributed by atoms with E-state index < -0.39 is 0 Å². The number of amides is 1. The zero-order valence-corrected chi connectivity index (χ0v) is 19.7. The Kier molecular flexibility index (Phi) is 8.43. The molecule has 0 bridgehead atoms. The van der Waals surface area contributed by atoms with Crippen LogP contribution in [-0.4, -0.2) is 54.6 Å². The number of carbonyl (C=O) groups excluding carboxylic acids is 1. The third kappa shape index (κ3) is 7.54. The minimum absolute atomic E-state index is 0.0975. The van der Waals surface area contributed by atoms with E-state index in [0.29, 0.717) is 13.2 Å². The maximum atomic E-state index is 12.3. The molecule has 0 unspecified atom stereocenters. The van der Waals surface area contributed by atoms with Crippen molar-refractivity contribution in [3.63, 3.8) is 0 Å². The van der Waals surface area contributed by atoms with E-state index in [1.165, 1.54) is 11.1 Å². The van der Waals surface area contributed by atoms with Gasteiger partial charge in [-0.2, -0.15) is 5.10 Å². The van der Waals surface area contributed by atoms with Crippen molar-refractivity contribution in [1.29, 1.82) is 0 Å². The molecule has 6 nitrogen and oxygen atoms in total. The molecule has 1 aliphatic heterocycles. The summed E-state index contributed by atoms with van der Waals surface area (Å²) in [5, 5.41) is 4.13. The standard InChI is InChI=1S/C28H32N4O2/c1-23-10-12-24(13-11-23)20-31-14-16-32(17-15-31)21-28(33)30-29-19-26-8-5-9-27(18-26)34-22-25-6-3-2-4-7-25/h2-13,18-19H,14-17,20-22H2,1H3,(H,30,33)/b29-19-. The second-order valence-corrected chi connectivity index (χ2v) is 8.68. The maximum absolute atomic E-state index is 12.3. The highest BCUT2D eigenvalue weighted by molar-refractivity contribution is 5.83. The quantitative estimate of drug-likeness (QED) is 0.393. The number of aryl methyl sites for hydroxylation is 1. The Morgan fingerprint density at radius 2 is 1.65 bits per heavy atom. The molecular formula is C28H32N4O2. The van der Waals surface area contributed by atoms with E-state index in [0.717, 1.165) is 49.6 Å². The van der Waals surface area contributed by atoms with Crippen molar-refractivity contribution in [2.75, 3.05) is 32.7 Å². The van der Waals surface area contributed by atoms with E-state index in [4.69, 9.17) is 4.74 Å². The monoisotopic (exact) mass is 456 g/mol. The van der Waals surface area contributed by atoms with Crippen LogP contribution in [0.4, 0.5) is 0 Å². The van der Waals surface area contributed by atoms with Crippen LogP contribution in [0.5, 0.6) is 5.75 Å². The number of nitrogens with zero attached hydrogens (tertiary/aromatic N) is 3. The molecule has 0 radical (unpaired) electrons. The summed E-state index contributed by atoms with van der Waals surface area (Å²) in [5.74, 6) is 0.669. The average Bonchev–Trinajstić information content (AvgIpc) is 2.86. The molecule has 1 heterocycles. The molecule has 0 saturated carbocycles. The van der Waals surface area contributed by atoms with Gasteiger partial charge in [-0.25, -0.2) is 5.43 Å². The summed E-state index contributed by atoms with van der Waals surface area (Å²) in [4.78, 5) is 16.9. The second-order valence-electron chi connectivity index (χ2n) is 8.68. The lowest BCUT2D eigenvalue weighted by molar-refractivity contribution is -0.122. The second kappa shape index (κ2) is 12.1.